The number of carbonyl (C=O) groups excluding carboxylic acids is 2. The molecule has 0 saturated carbocycles. The molecular formula is C22H25NO6. The Morgan fingerprint density at radius 3 is 2.69 bits per heavy atom. The molecule has 2 aromatic rings. The Kier molecular flexibility index (Phi) is 6.59. The quantitative estimate of drug-likeness (QED) is 0.714. The van der Waals surface area contributed by atoms with Gasteiger partial charge in [0.1, 0.15) is 13.2 Å². The highest BCUT2D eigenvalue weighted by molar-refractivity contribution is 5.96. The summed E-state index contributed by atoms with van der Waals surface area (Å²) < 4.78 is 21.5. The van der Waals surface area contributed by atoms with Crippen molar-refractivity contribution in [3.63, 3.8) is 0 Å². The highest BCUT2D eigenvalue weighted by Gasteiger charge is 2.22. The number of hydrogen-bond acceptors (Lipinski definition) is 6. The summed E-state index contributed by atoms with van der Waals surface area (Å²) in [4.78, 5) is 24.7. The average molecular weight is 399 g/mol. The minimum atomic E-state index is -0.648. The van der Waals surface area contributed by atoms with Crippen LogP contribution >= 0.6 is 0 Å². The predicted octanol–water partition coefficient (Wildman–Crippen LogP) is 3.78. The van der Waals surface area contributed by atoms with Crippen LogP contribution in [-0.2, 0) is 9.53 Å². The molecule has 0 saturated heterocycles. The molecule has 7 nitrogen and oxygen atoms in total. The molecule has 1 atom stereocenters. The Bertz CT molecular complexity index is 878. The van der Waals surface area contributed by atoms with Crippen molar-refractivity contribution in [2.45, 2.75) is 26.2 Å². The fourth-order valence-corrected chi connectivity index (χ4v) is 3.05. The molecule has 154 valence electrons. The third-order valence-electron chi connectivity index (χ3n) is 4.78. The number of methoxy groups -OCH3 is 1. The number of ether oxygens (including phenoxy) is 4. The summed E-state index contributed by atoms with van der Waals surface area (Å²) in [6.07, 6.45) is 0.952. The van der Waals surface area contributed by atoms with Crippen LogP contribution in [-0.4, -0.2) is 38.8 Å². The fraction of sp³-hybridized carbons (Fsp3) is 0.364. The second kappa shape index (κ2) is 9.32. The zero-order chi connectivity index (χ0) is 20.8. The summed E-state index contributed by atoms with van der Waals surface area (Å²) in [7, 11) is 1.48. The smallest absolute Gasteiger partial charge is 0.338 e. The molecule has 0 aliphatic carbocycles. The van der Waals surface area contributed by atoms with Crippen molar-refractivity contribution in [2.24, 2.45) is 0 Å². The second-order valence-electron chi connectivity index (χ2n) is 6.72. The van der Waals surface area contributed by atoms with E-state index in [0.29, 0.717) is 36.4 Å². The normalized spacial score (nSPS) is 13.3. The van der Waals surface area contributed by atoms with Crippen LogP contribution < -0.4 is 19.5 Å². The minimum absolute atomic E-state index is 0.221. The SMILES string of the molecule is CC[C@H](C)c1ccccc1NC(=O)COC(=O)c1cc(OC)c2c(c1)OCCO2. The van der Waals surface area contributed by atoms with Crippen LogP contribution in [0.2, 0.25) is 0 Å². The Labute approximate surface area is 169 Å². The van der Waals surface area contributed by atoms with Crippen LogP contribution in [0.15, 0.2) is 36.4 Å². The van der Waals surface area contributed by atoms with Crippen LogP contribution in [0.25, 0.3) is 0 Å². The van der Waals surface area contributed by atoms with Gasteiger partial charge in [0.25, 0.3) is 5.91 Å². The Balaban J connectivity index is 1.65. The molecule has 1 heterocycles. The van der Waals surface area contributed by atoms with Gasteiger partial charge in [-0.25, -0.2) is 4.79 Å². The molecule has 0 aromatic heterocycles. The van der Waals surface area contributed by atoms with E-state index in [9.17, 15) is 9.59 Å². The lowest BCUT2D eigenvalue weighted by molar-refractivity contribution is -0.119. The van der Waals surface area contributed by atoms with Gasteiger partial charge in [-0.05, 0) is 36.1 Å². The Morgan fingerprint density at radius 1 is 1.17 bits per heavy atom. The fourth-order valence-electron chi connectivity index (χ4n) is 3.05. The standard InChI is InChI=1S/C22H25NO6/c1-4-14(2)16-7-5-6-8-17(16)23-20(24)13-29-22(25)15-11-18(26-3)21-19(12-15)27-9-10-28-21/h5-8,11-12,14H,4,9-10,13H2,1-3H3,(H,23,24)/t14-/m0/s1. The first-order valence-electron chi connectivity index (χ1n) is 9.57. The molecule has 7 heteroatoms. The van der Waals surface area contributed by atoms with Gasteiger partial charge in [-0.1, -0.05) is 32.0 Å². The molecular weight excluding hydrogens is 374 g/mol. The molecule has 0 bridgehead atoms. The molecule has 3 rings (SSSR count). The van der Waals surface area contributed by atoms with Crippen molar-refractivity contribution >= 4 is 17.6 Å². The van der Waals surface area contributed by atoms with Crippen LogP contribution in [0, 0.1) is 0 Å². The summed E-state index contributed by atoms with van der Waals surface area (Å²) in [6, 6.07) is 10.6. The number of esters is 1. The molecule has 1 N–H and O–H groups in total. The minimum Gasteiger partial charge on any atom is -0.493 e. The molecule has 0 fully saturated rings. The van der Waals surface area contributed by atoms with Gasteiger partial charge in [-0.2, -0.15) is 0 Å². The van der Waals surface area contributed by atoms with Gasteiger partial charge in [-0.15, -0.1) is 0 Å². The lowest BCUT2D eigenvalue weighted by atomic mass is 9.97. The number of carbonyl (C=O) groups is 2. The van der Waals surface area contributed by atoms with Crippen LogP contribution in [0.1, 0.15) is 42.1 Å². The first-order chi connectivity index (χ1) is 14.0. The largest absolute Gasteiger partial charge is 0.493 e. The molecule has 2 aromatic carbocycles. The predicted molar refractivity (Wildman–Crippen MR) is 108 cm³/mol. The van der Waals surface area contributed by atoms with Crippen molar-refractivity contribution in [2.75, 3.05) is 32.2 Å². The Hall–Kier alpha value is -3.22. The van der Waals surface area contributed by atoms with Gasteiger partial charge < -0.3 is 24.3 Å². The maximum atomic E-state index is 12.4. The monoisotopic (exact) mass is 399 g/mol. The summed E-state index contributed by atoms with van der Waals surface area (Å²) in [5, 5.41) is 2.82. The van der Waals surface area contributed by atoms with E-state index in [1.165, 1.54) is 19.2 Å². The zero-order valence-electron chi connectivity index (χ0n) is 16.8. The third-order valence-corrected chi connectivity index (χ3v) is 4.78. The van der Waals surface area contributed by atoms with Gasteiger partial charge in [0, 0.05) is 5.69 Å². The maximum Gasteiger partial charge on any atom is 0.338 e. The van der Waals surface area contributed by atoms with Crippen molar-refractivity contribution in [3.05, 3.63) is 47.5 Å². The van der Waals surface area contributed by atoms with Crippen LogP contribution in [0.3, 0.4) is 0 Å². The zero-order valence-corrected chi connectivity index (χ0v) is 16.8. The molecule has 0 unspecified atom stereocenters. The van der Waals surface area contributed by atoms with Gasteiger partial charge >= 0.3 is 5.97 Å². The number of rotatable bonds is 7. The molecule has 1 aliphatic heterocycles. The third kappa shape index (κ3) is 4.80. The molecule has 0 radical (unpaired) electrons. The van der Waals surface area contributed by atoms with Gasteiger partial charge in [0.2, 0.25) is 5.75 Å². The summed E-state index contributed by atoms with van der Waals surface area (Å²) >= 11 is 0. The number of para-hydroxylation sites is 1. The number of amides is 1. The van der Waals surface area contributed by atoms with E-state index >= 15 is 0 Å². The van der Waals surface area contributed by atoms with E-state index in [4.69, 9.17) is 18.9 Å². The summed E-state index contributed by atoms with van der Waals surface area (Å²) in [5.41, 5.74) is 1.99. The van der Waals surface area contributed by atoms with E-state index in [0.717, 1.165) is 17.7 Å². The highest BCUT2D eigenvalue weighted by atomic mass is 16.6. The van der Waals surface area contributed by atoms with E-state index < -0.39 is 18.5 Å². The number of anilines is 1. The topological polar surface area (TPSA) is 83.1 Å². The highest BCUT2D eigenvalue weighted by Crippen LogP contribution is 2.40. The number of fused-ring (bicyclic) bond motifs is 1. The van der Waals surface area contributed by atoms with E-state index in [1.54, 1.807) is 0 Å². The van der Waals surface area contributed by atoms with Crippen molar-refractivity contribution in [1.29, 1.82) is 0 Å². The molecule has 29 heavy (non-hydrogen) atoms. The molecule has 1 aliphatic rings. The second-order valence-corrected chi connectivity index (χ2v) is 6.72. The van der Waals surface area contributed by atoms with Crippen LogP contribution in [0.4, 0.5) is 5.69 Å². The van der Waals surface area contributed by atoms with E-state index in [1.807, 2.05) is 24.3 Å². The van der Waals surface area contributed by atoms with Crippen molar-refractivity contribution in [1.82, 2.24) is 0 Å². The average Bonchev–Trinajstić information content (AvgIpc) is 2.76. The number of benzene rings is 2. The number of hydrogen-bond donors (Lipinski definition) is 1. The van der Waals surface area contributed by atoms with Gasteiger partial charge in [0.05, 0.1) is 12.7 Å². The maximum absolute atomic E-state index is 12.4. The molecule has 0 spiro atoms. The van der Waals surface area contributed by atoms with Gasteiger partial charge in [-0.3, -0.25) is 4.79 Å². The first kappa shape index (κ1) is 20.5. The summed E-state index contributed by atoms with van der Waals surface area (Å²) in [6.45, 7) is 4.58. The van der Waals surface area contributed by atoms with E-state index in [-0.39, 0.29) is 5.56 Å². The lowest BCUT2D eigenvalue weighted by Crippen LogP contribution is -2.22. The van der Waals surface area contributed by atoms with Crippen LogP contribution in [0.5, 0.6) is 17.2 Å². The van der Waals surface area contributed by atoms with E-state index in [2.05, 4.69) is 19.2 Å². The van der Waals surface area contributed by atoms with Gasteiger partial charge in [0.15, 0.2) is 18.1 Å². The molecule has 1 amide bonds. The van der Waals surface area contributed by atoms with Crippen molar-refractivity contribution in [3.8, 4) is 17.2 Å². The first-order valence-corrected chi connectivity index (χ1v) is 9.57. The van der Waals surface area contributed by atoms with Crippen molar-refractivity contribution < 1.29 is 28.5 Å². The summed E-state index contributed by atoms with van der Waals surface area (Å²) in [5.74, 6) is 0.494. The number of nitrogens with one attached hydrogen (secondary N) is 1. The lowest BCUT2D eigenvalue weighted by Gasteiger charge is -2.21. The Morgan fingerprint density at radius 2 is 1.93 bits per heavy atom.